The Kier molecular flexibility index (Phi) is 4.46. The van der Waals surface area contributed by atoms with Crippen molar-refractivity contribution in [2.45, 2.75) is 6.92 Å². The van der Waals surface area contributed by atoms with Crippen molar-refractivity contribution in [1.29, 1.82) is 0 Å². The predicted molar refractivity (Wildman–Crippen MR) is 120 cm³/mol. The van der Waals surface area contributed by atoms with Crippen LogP contribution in [0.5, 0.6) is 5.75 Å². The Labute approximate surface area is 180 Å². The Bertz CT molecular complexity index is 1440. The fourth-order valence-corrected chi connectivity index (χ4v) is 4.27. The first-order valence-electron chi connectivity index (χ1n) is 9.19. The van der Waals surface area contributed by atoms with E-state index in [9.17, 15) is 9.90 Å². The van der Waals surface area contributed by atoms with E-state index in [1.165, 1.54) is 11.3 Å². The van der Waals surface area contributed by atoms with E-state index >= 15 is 0 Å². The SMILES string of the molecule is Cc1ccc2c(=O)c(O)c(-c3cn(-c4ccccc4)nc3-c3cccs3)oc2c1Cl. The largest absolute Gasteiger partial charge is 0.502 e. The number of nitrogens with zero attached hydrogens (tertiary/aromatic N) is 2. The molecule has 7 heteroatoms. The van der Waals surface area contributed by atoms with Crippen LogP contribution in [-0.4, -0.2) is 14.9 Å². The molecule has 3 heterocycles. The third-order valence-corrected chi connectivity index (χ3v) is 6.25. The van der Waals surface area contributed by atoms with Crippen molar-refractivity contribution < 1.29 is 9.52 Å². The minimum Gasteiger partial charge on any atom is -0.502 e. The molecule has 0 saturated heterocycles. The number of fused-ring (bicyclic) bond motifs is 1. The van der Waals surface area contributed by atoms with Gasteiger partial charge in [-0.05, 0) is 42.1 Å². The van der Waals surface area contributed by atoms with E-state index in [0.29, 0.717) is 16.3 Å². The number of hydrogen-bond donors (Lipinski definition) is 1. The van der Waals surface area contributed by atoms with Crippen LogP contribution in [0, 0.1) is 6.92 Å². The molecule has 0 atom stereocenters. The maximum Gasteiger partial charge on any atom is 0.235 e. The van der Waals surface area contributed by atoms with Crippen molar-refractivity contribution in [3.8, 4) is 33.3 Å². The number of aryl methyl sites for hydroxylation is 1. The van der Waals surface area contributed by atoms with Crippen molar-refractivity contribution in [2.24, 2.45) is 0 Å². The lowest BCUT2D eigenvalue weighted by atomic mass is 10.1. The van der Waals surface area contributed by atoms with Gasteiger partial charge in [0.25, 0.3) is 0 Å². The van der Waals surface area contributed by atoms with Crippen LogP contribution in [0.4, 0.5) is 0 Å². The van der Waals surface area contributed by atoms with Crippen LogP contribution in [0.3, 0.4) is 0 Å². The summed E-state index contributed by atoms with van der Waals surface area (Å²) in [6.07, 6.45) is 1.75. The monoisotopic (exact) mass is 434 g/mol. The molecule has 0 aliphatic carbocycles. The molecule has 0 amide bonds. The fraction of sp³-hybridized carbons (Fsp3) is 0.0435. The molecule has 0 spiro atoms. The molecule has 0 aliphatic rings. The molecule has 0 aliphatic heterocycles. The minimum absolute atomic E-state index is 0.0468. The van der Waals surface area contributed by atoms with Crippen molar-refractivity contribution in [3.05, 3.63) is 87.0 Å². The highest BCUT2D eigenvalue weighted by Crippen LogP contribution is 2.40. The highest BCUT2D eigenvalue weighted by Gasteiger charge is 2.24. The molecule has 0 saturated carbocycles. The van der Waals surface area contributed by atoms with Crippen LogP contribution in [0.1, 0.15) is 5.56 Å². The molecule has 3 aromatic heterocycles. The maximum absolute atomic E-state index is 12.9. The fourth-order valence-electron chi connectivity index (χ4n) is 3.35. The zero-order valence-corrected chi connectivity index (χ0v) is 17.4. The van der Waals surface area contributed by atoms with Crippen LogP contribution in [0.15, 0.2) is 75.4 Å². The molecule has 0 radical (unpaired) electrons. The number of thiophene rings is 1. The van der Waals surface area contributed by atoms with Gasteiger partial charge in [0.2, 0.25) is 11.2 Å². The summed E-state index contributed by atoms with van der Waals surface area (Å²) in [6.45, 7) is 1.83. The zero-order valence-electron chi connectivity index (χ0n) is 15.8. The second kappa shape index (κ2) is 7.16. The van der Waals surface area contributed by atoms with Crippen LogP contribution < -0.4 is 5.43 Å². The van der Waals surface area contributed by atoms with Crippen LogP contribution >= 0.6 is 22.9 Å². The Morgan fingerprint density at radius 2 is 1.90 bits per heavy atom. The average Bonchev–Trinajstić information content (AvgIpc) is 3.44. The molecule has 0 bridgehead atoms. The summed E-state index contributed by atoms with van der Waals surface area (Å²) >= 11 is 7.93. The lowest BCUT2D eigenvalue weighted by Crippen LogP contribution is -2.03. The number of benzene rings is 2. The molecule has 5 rings (SSSR count). The first-order chi connectivity index (χ1) is 14.5. The van der Waals surface area contributed by atoms with E-state index in [0.717, 1.165) is 16.1 Å². The van der Waals surface area contributed by atoms with Gasteiger partial charge in [-0.15, -0.1) is 11.3 Å². The Morgan fingerprint density at radius 1 is 1.10 bits per heavy atom. The Balaban J connectivity index is 1.83. The molecule has 2 aromatic carbocycles. The van der Waals surface area contributed by atoms with Gasteiger partial charge in [-0.3, -0.25) is 4.79 Å². The molecule has 5 nitrogen and oxygen atoms in total. The molecule has 30 heavy (non-hydrogen) atoms. The first kappa shape index (κ1) is 18.7. The minimum atomic E-state index is -0.530. The van der Waals surface area contributed by atoms with Gasteiger partial charge in [0.15, 0.2) is 11.3 Å². The van der Waals surface area contributed by atoms with Crippen molar-refractivity contribution in [3.63, 3.8) is 0 Å². The molecule has 0 unspecified atom stereocenters. The Hall–Kier alpha value is -3.35. The number of rotatable bonds is 3. The quantitative estimate of drug-likeness (QED) is 0.375. The van der Waals surface area contributed by atoms with Gasteiger partial charge < -0.3 is 9.52 Å². The summed E-state index contributed by atoms with van der Waals surface area (Å²) in [7, 11) is 0. The second-order valence-corrected chi connectivity index (χ2v) is 8.16. The van der Waals surface area contributed by atoms with E-state index < -0.39 is 11.2 Å². The summed E-state index contributed by atoms with van der Waals surface area (Å²) in [5.41, 5.74) is 2.46. The average molecular weight is 435 g/mol. The number of hydrogen-bond acceptors (Lipinski definition) is 5. The molecule has 148 valence electrons. The first-order valence-corrected chi connectivity index (χ1v) is 10.4. The summed E-state index contributed by atoms with van der Waals surface area (Å²) in [6, 6.07) is 16.8. The van der Waals surface area contributed by atoms with Crippen LogP contribution in [-0.2, 0) is 0 Å². The third kappa shape index (κ3) is 2.93. The summed E-state index contributed by atoms with van der Waals surface area (Å²) < 4.78 is 7.73. The van der Waals surface area contributed by atoms with E-state index in [4.69, 9.17) is 21.1 Å². The van der Waals surface area contributed by atoms with Crippen LogP contribution in [0.2, 0.25) is 5.02 Å². The van der Waals surface area contributed by atoms with Gasteiger partial charge in [0.05, 0.1) is 26.5 Å². The topological polar surface area (TPSA) is 68.3 Å². The molecular formula is C23H15ClN2O3S. The predicted octanol–water partition coefficient (Wildman–Crippen LogP) is 6.04. The standard InChI is InChI=1S/C23H15ClN2O3S/c1-13-9-10-15-20(27)21(28)23(29-22(15)18(13)24)16-12-26(14-6-3-2-4-7-14)25-19(16)17-8-5-11-30-17/h2-12,28H,1H3. The van der Waals surface area contributed by atoms with E-state index in [1.54, 1.807) is 23.0 Å². The lowest BCUT2D eigenvalue weighted by Gasteiger charge is -2.08. The van der Waals surface area contributed by atoms with Crippen molar-refractivity contribution in [1.82, 2.24) is 9.78 Å². The highest BCUT2D eigenvalue weighted by molar-refractivity contribution is 7.13. The summed E-state index contributed by atoms with van der Waals surface area (Å²) in [4.78, 5) is 13.8. The smallest absolute Gasteiger partial charge is 0.235 e. The number of aromatic hydroxyl groups is 1. The van der Waals surface area contributed by atoms with Crippen LogP contribution in [0.25, 0.3) is 38.6 Å². The molecule has 5 aromatic rings. The van der Waals surface area contributed by atoms with Gasteiger partial charge in [0, 0.05) is 6.20 Å². The van der Waals surface area contributed by atoms with E-state index in [2.05, 4.69) is 0 Å². The number of para-hydroxylation sites is 1. The molecule has 1 N–H and O–H groups in total. The number of aromatic nitrogens is 2. The summed E-state index contributed by atoms with van der Waals surface area (Å²) in [5.74, 6) is -0.418. The van der Waals surface area contributed by atoms with E-state index in [1.807, 2.05) is 54.8 Å². The zero-order chi connectivity index (χ0) is 20.8. The van der Waals surface area contributed by atoms with Crippen molar-refractivity contribution in [2.75, 3.05) is 0 Å². The lowest BCUT2D eigenvalue weighted by molar-refractivity contribution is 0.449. The molecular weight excluding hydrogens is 420 g/mol. The number of halogens is 1. The summed E-state index contributed by atoms with van der Waals surface area (Å²) in [5, 5.41) is 18.0. The van der Waals surface area contributed by atoms with Gasteiger partial charge in [-0.25, -0.2) is 4.68 Å². The second-order valence-electron chi connectivity index (χ2n) is 6.83. The highest BCUT2D eigenvalue weighted by atomic mass is 35.5. The van der Waals surface area contributed by atoms with Gasteiger partial charge in [-0.1, -0.05) is 41.9 Å². The molecule has 0 fully saturated rings. The van der Waals surface area contributed by atoms with Gasteiger partial charge in [0.1, 0.15) is 5.69 Å². The van der Waals surface area contributed by atoms with E-state index in [-0.39, 0.29) is 16.7 Å². The van der Waals surface area contributed by atoms with Crippen molar-refractivity contribution >= 4 is 33.9 Å². The van der Waals surface area contributed by atoms with Gasteiger partial charge >= 0.3 is 0 Å². The maximum atomic E-state index is 12.9. The normalized spacial score (nSPS) is 11.3. The van der Waals surface area contributed by atoms with Gasteiger partial charge in [-0.2, -0.15) is 5.10 Å². The third-order valence-electron chi connectivity index (χ3n) is 4.90. The Morgan fingerprint density at radius 3 is 2.63 bits per heavy atom.